The Bertz CT molecular complexity index is 1320. The molecule has 1 aliphatic heterocycles. The first-order chi connectivity index (χ1) is 18.5. The molecular weight excluding hydrogens is 474 g/mol. The van der Waals surface area contributed by atoms with Crippen molar-refractivity contribution in [2.24, 2.45) is 17.8 Å². The van der Waals surface area contributed by atoms with Gasteiger partial charge in [0.25, 0.3) is 0 Å². The van der Waals surface area contributed by atoms with Crippen LogP contribution in [0.3, 0.4) is 0 Å². The van der Waals surface area contributed by atoms with E-state index >= 15 is 0 Å². The lowest BCUT2D eigenvalue weighted by Gasteiger charge is -2.57. The summed E-state index contributed by atoms with van der Waals surface area (Å²) in [6.07, 6.45) is 8.16. The predicted molar refractivity (Wildman–Crippen MR) is 149 cm³/mol. The summed E-state index contributed by atoms with van der Waals surface area (Å²) in [5.74, 6) is 2.76. The number of morpholine rings is 1. The van der Waals surface area contributed by atoms with Gasteiger partial charge in [0.2, 0.25) is 0 Å². The van der Waals surface area contributed by atoms with Gasteiger partial charge in [0.1, 0.15) is 12.0 Å². The molecular formula is C33H37NO4. The van der Waals surface area contributed by atoms with Gasteiger partial charge in [-0.2, -0.15) is 0 Å². The van der Waals surface area contributed by atoms with Crippen LogP contribution in [0.25, 0.3) is 21.9 Å². The van der Waals surface area contributed by atoms with E-state index in [0.29, 0.717) is 5.56 Å². The van der Waals surface area contributed by atoms with Crippen molar-refractivity contribution in [3.8, 4) is 16.9 Å². The van der Waals surface area contributed by atoms with Gasteiger partial charge >= 0.3 is 5.97 Å². The topological polar surface area (TPSA) is 59.0 Å². The molecule has 8 rings (SSSR count). The van der Waals surface area contributed by atoms with E-state index < -0.39 is 5.97 Å². The quantitative estimate of drug-likeness (QED) is 0.398. The van der Waals surface area contributed by atoms with E-state index in [9.17, 15) is 9.90 Å². The van der Waals surface area contributed by atoms with Crippen LogP contribution >= 0.6 is 0 Å². The Hall–Kier alpha value is -2.89. The number of ether oxygens (including phenoxy) is 2. The molecule has 5 aliphatic rings. The van der Waals surface area contributed by atoms with Gasteiger partial charge < -0.3 is 14.6 Å². The first kappa shape index (κ1) is 24.2. The Labute approximate surface area is 224 Å². The number of nitrogens with zero attached hydrogens (tertiary/aromatic N) is 1. The monoisotopic (exact) mass is 511 g/mol. The summed E-state index contributed by atoms with van der Waals surface area (Å²) in [7, 11) is 0. The Morgan fingerprint density at radius 1 is 0.895 bits per heavy atom. The second kappa shape index (κ2) is 9.39. The lowest BCUT2D eigenvalue weighted by Crippen LogP contribution is -2.49. The molecule has 1 saturated heterocycles. The maximum atomic E-state index is 11.3. The van der Waals surface area contributed by atoms with Gasteiger partial charge in [0.15, 0.2) is 0 Å². The van der Waals surface area contributed by atoms with Crippen molar-refractivity contribution >= 4 is 16.7 Å². The van der Waals surface area contributed by atoms with Crippen molar-refractivity contribution in [3.05, 3.63) is 65.7 Å². The number of aromatic carboxylic acids is 1. The van der Waals surface area contributed by atoms with Gasteiger partial charge in [-0.3, -0.25) is 4.90 Å². The van der Waals surface area contributed by atoms with Crippen molar-refractivity contribution in [2.45, 2.75) is 57.1 Å². The molecule has 4 saturated carbocycles. The van der Waals surface area contributed by atoms with Crippen molar-refractivity contribution in [3.63, 3.8) is 0 Å². The molecule has 1 unspecified atom stereocenters. The van der Waals surface area contributed by atoms with Crippen molar-refractivity contribution < 1.29 is 19.4 Å². The van der Waals surface area contributed by atoms with Crippen LogP contribution in [0, 0.1) is 17.8 Å². The molecule has 1 atom stereocenters. The summed E-state index contributed by atoms with van der Waals surface area (Å²) in [4.78, 5) is 13.7. The number of carboxylic acids is 1. The van der Waals surface area contributed by atoms with Gasteiger partial charge in [-0.1, -0.05) is 24.3 Å². The molecule has 5 nitrogen and oxygen atoms in total. The van der Waals surface area contributed by atoms with Crippen molar-refractivity contribution in [1.82, 2.24) is 4.90 Å². The largest absolute Gasteiger partial charge is 0.478 e. The minimum Gasteiger partial charge on any atom is -0.478 e. The first-order valence-electron chi connectivity index (χ1n) is 14.4. The average molecular weight is 512 g/mol. The van der Waals surface area contributed by atoms with E-state index in [0.717, 1.165) is 60.9 Å². The Balaban J connectivity index is 1.30. The zero-order valence-corrected chi connectivity index (χ0v) is 22.2. The van der Waals surface area contributed by atoms with Gasteiger partial charge in [0.05, 0.1) is 18.8 Å². The smallest absolute Gasteiger partial charge is 0.335 e. The summed E-state index contributed by atoms with van der Waals surface area (Å²) in [5, 5.41) is 11.7. The van der Waals surface area contributed by atoms with Crippen LogP contribution in [0.2, 0.25) is 0 Å². The molecule has 5 heteroatoms. The van der Waals surface area contributed by atoms with Gasteiger partial charge in [-0.15, -0.1) is 0 Å². The number of benzene rings is 3. The van der Waals surface area contributed by atoms with E-state index in [1.54, 1.807) is 12.1 Å². The van der Waals surface area contributed by atoms with Crippen LogP contribution in [0.1, 0.15) is 61.4 Å². The van der Waals surface area contributed by atoms with Crippen LogP contribution in [-0.2, 0) is 10.2 Å². The molecule has 0 spiro atoms. The highest BCUT2D eigenvalue weighted by Crippen LogP contribution is 2.62. The van der Waals surface area contributed by atoms with Crippen molar-refractivity contribution in [1.29, 1.82) is 0 Å². The lowest BCUT2D eigenvalue weighted by atomic mass is 9.48. The fourth-order valence-electron chi connectivity index (χ4n) is 8.41. The van der Waals surface area contributed by atoms with E-state index in [-0.39, 0.29) is 11.6 Å². The predicted octanol–water partition coefficient (Wildman–Crippen LogP) is 6.73. The molecule has 0 amide bonds. The molecule has 4 aliphatic carbocycles. The van der Waals surface area contributed by atoms with Gasteiger partial charge in [0, 0.05) is 18.7 Å². The Kier molecular flexibility index (Phi) is 5.97. The van der Waals surface area contributed by atoms with Gasteiger partial charge in [-0.25, -0.2) is 4.79 Å². The minimum absolute atomic E-state index is 0.0102. The number of hydrogen-bond donors (Lipinski definition) is 1. The second-order valence-electron chi connectivity index (χ2n) is 12.4. The van der Waals surface area contributed by atoms with Crippen molar-refractivity contribution in [2.75, 3.05) is 26.3 Å². The van der Waals surface area contributed by atoms with Gasteiger partial charge in [-0.05, 0) is 121 Å². The number of rotatable bonds is 6. The standard InChI is InChI=1S/C33H37NO4/c1-21(34-8-10-37-11-9-34)38-31-17-28-7-6-27(25-2-4-26(5-3-25)32(35)36)15-29(28)16-30(31)33-18-22-12-23(19-33)14-24(13-22)20-33/h2-7,15-17,21-24H,8-14,18-20H2,1H3,(H,35,36). The number of carboxylic acid groups (broad SMARTS) is 1. The molecule has 0 aromatic heterocycles. The molecule has 198 valence electrons. The molecule has 1 heterocycles. The van der Waals surface area contributed by atoms with Crippen LogP contribution in [-0.4, -0.2) is 48.5 Å². The number of hydrogen-bond acceptors (Lipinski definition) is 4. The Morgan fingerprint density at radius 2 is 1.53 bits per heavy atom. The summed E-state index contributed by atoms with van der Waals surface area (Å²) >= 11 is 0. The highest BCUT2D eigenvalue weighted by atomic mass is 16.5. The fourth-order valence-corrected chi connectivity index (χ4v) is 8.41. The Morgan fingerprint density at radius 3 is 2.16 bits per heavy atom. The molecule has 1 N–H and O–H groups in total. The highest BCUT2D eigenvalue weighted by Gasteiger charge is 2.52. The van der Waals surface area contributed by atoms with E-state index in [4.69, 9.17) is 9.47 Å². The second-order valence-corrected chi connectivity index (χ2v) is 12.4. The zero-order chi connectivity index (χ0) is 25.9. The number of fused-ring (bicyclic) bond motifs is 1. The van der Waals surface area contributed by atoms with E-state index in [2.05, 4.69) is 42.2 Å². The molecule has 38 heavy (non-hydrogen) atoms. The van der Waals surface area contributed by atoms with Crippen LogP contribution in [0.5, 0.6) is 5.75 Å². The molecule has 5 fully saturated rings. The average Bonchev–Trinajstić information content (AvgIpc) is 2.92. The normalized spacial score (nSPS) is 29.4. The van der Waals surface area contributed by atoms with E-state index in [1.165, 1.54) is 54.9 Å². The summed E-state index contributed by atoms with van der Waals surface area (Å²) < 4.78 is 12.4. The minimum atomic E-state index is -0.894. The fraction of sp³-hybridized carbons (Fsp3) is 0.485. The van der Waals surface area contributed by atoms with Crippen LogP contribution in [0.15, 0.2) is 54.6 Å². The lowest BCUT2D eigenvalue weighted by molar-refractivity contribution is -0.0405. The SMILES string of the molecule is CC(Oc1cc2ccc(-c3ccc(C(=O)O)cc3)cc2cc1C12CC3CC(CC(C3)C1)C2)N1CCOCC1. The molecule has 0 radical (unpaired) electrons. The first-order valence-corrected chi connectivity index (χ1v) is 14.4. The highest BCUT2D eigenvalue weighted by molar-refractivity contribution is 5.91. The third kappa shape index (κ3) is 4.30. The summed E-state index contributed by atoms with van der Waals surface area (Å²) in [6, 6.07) is 18.5. The van der Waals surface area contributed by atoms with E-state index in [1.807, 2.05) is 12.1 Å². The maximum Gasteiger partial charge on any atom is 0.335 e. The molecule has 4 bridgehead atoms. The third-order valence-corrected chi connectivity index (χ3v) is 9.87. The molecule has 3 aromatic carbocycles. The zero-order valence-electron chi connectivity index (χ0n) is 22.2. The summed E-state index contributed by atoms with van der Waals surface area (Å²) in [5.41, 5.74) is 4.11. The van der Waals surface area contributed by atoms with Crippen LogP contribution < -0.4 is 4.74 Å². The maximum absolute atomic E-state index is 11.3. The van der Waals surface area contributed by atoms with Crippen LogP contribution in [0.4, 0.5) is 0 Å². The summed E-state index contributed by atoms with van der Waals surface area (Å²) in [6.45, 7) is 5.53. The number of carbonyl (C=O) groups is 1. The third-order valence-electron chi connectivity index (χ3n) is 9.87. The molecule has 3 aromatic rings.